The van der Waals surface area contributed by atoms with Crippen LogP contribution in [0.15, 0.2) is 59.9 Å². The van der Waals surface area contributed by atoms with Crippen molar-refractivity contribution in [2.45, 2.75) is 26.4 Å². The number of aliphatic hydroxyl groups is 2. The molecule has 8 heteroatoms. The number of carbonyl (C=O) groups excluding carboxylic acids is 1. The number of aromatic amines is 1. The highest BCUT2D eigenvalue weighted by atomic mass is 16.5. The van der Waals surface area contributed by atoms with Crippen LogP contribution in [0.5, 0.6) is 0 Å². The van der Waals surface area contributed by atoms with Crippen LogP contribution in [-0.4, -0.2) is 45.5 Å². The van der Waals surface area contributed by atoms with E-state index in [0.29, 0.717) is 17.8 Å². The summed E-state index contributed by atoms with van der Waals surface area (Å²) in [6.45, 7) is 3.85. The van der Waals surface area contributed by atoms with E-state index < -0.39 is 12.1 Å². The third-order valence-corrected chi connectivity index (χ3v) is 5.22. The van der Waals surface area contributed by atoms with Gasteiger partial charge in [0.05, 0.1) is 6.61 Å². The highest BCUT2D eigenvalue weighted by molar-refractivity contribution is 5.93. The van der Waals surface area contributed by atoms with Crippen LogP contribution < -0.4 is 5.32 Å². The zero-order valence-electron chi connectivity index (χ0n) is 17.9. The van der Waals surface area contributed by atoms with Crippen molar-refractivity contribution in [3.63, 3.8) is 0 Å². The minimum atomic E-state index is -1.29. The number of anilines is 1. The van der Waals surface area contributed by atoms with Crippen LogP contribution in [0.25, 0.3) is 17.1 Å². The zero-order valence-corrected chi connectivity index (χ0v) is 17.9. The highest BCUT2D eigenvalue weighted by Crippen LogP contribution is 2.33. The minimum absolute atomic E-state index is 0.00917. The lowest BCUT2D eigenvalue weighted by Gasteiger charge is -2.13. The maximum absolute atomic E-state index is 12.6. The van der Waals surface area contributed by atoms with E-state index in [1.807, 2.05) is 37.3 Å². The molecule has 1 unspecified atom stereocenters. The van der Waals surface area contributed by atoms with E-state index in [9.17, 15) is 9.90 Å². The summed E-state index contributed by atoms with van der Waals surface area (Å²) in [6, 6.07) is 9.41. The molecule has 0 spiro atoms. The van der Waals surface area contributed by atoms with Crippen LogP contribution in [0.3, 0.4) is 0 Å². The maximum Gasteiger partial charge on any atom is 0.342 e. The van der Waals surface area contributed by atoms with Crippen LogP contribution in [0, 0.1) is 6.92 Å². The van der Waals surface area contributed by atoms with Gasteiger partial charge < -0.3 is 30.0 Å². The quantitative estimate of drug-likeness (QED) is 0.422. The summed E-state index contributed by atoms with van der Waals surface area (Å²) in [5.74, 6) is -0.325. The van der Waals surface area contributed by atoms with Gasteiger partial charge >= 0.3 is 5.97 Å². The molecule has 32 heavy (non-hydrogen) atoms. The smallest absolute Gasteiger partial charge is 0.342 e. The molecule has 1 aliphatic heterocycles. The van der Waals surface area contributed by atoms with E-state index >= 15 is 0 Å². The number of ether oxygens (including phenoxy) is 2. The Morgan fingerprint density at radius 1 is 1.38 bits per heavy atom. The number of carbonyl (C=O) groups is 1. The standard InChI is InChI=1S/C24H25N3O5/c1-3-31-24(30)20-21(29)19(12-16-13-26-22-17(16)5-4-9-25-22)32-23(20)27-18-7-6-15(8-10-28)11-14(18)2/h4-7,9,11-13,21,27-29H,3,8,10H2,1-2H3,(H,25,26)/b19-12-. The molecule has 0 aliphatic carbocycles. The third kappa shape index (κ3) is 4.23. The number of aromatic nitrogens is 2. The summed E-state index contributed by atoms with van der Waals surface area (Å²) in [5.41, 5.74) is 4.11. The molecule has 0 amide bonds. The zero-order chi connectivity index (χ0) is 22.7. The van der Waals surface area contributed by atoms with Gasteiger partial charge in [0.25, 0.3) is 0 Å². The molecule has 1 atom stereocenters. The number of H-pyrrole nitrogens is 1. The predicted octanol–water partition coefficient (Wildman–Crippen LogP) is 3.02. The molecular weight excluding hydrogens is 410 g/mol. The molecule has 3 aromatic rings. The Labute approximate surface area is 185 Å². The number of rotatable bonds is 7. The summed E-state index contributed by atoms with van der Waals surface area (Å²) in [7, 11) is 0. The summed E-state index contributed by atoms with van der Waals surface area (Å²) in [6.07, 6.45) is 4.40. The van der Waals surface area contributed by atoms with Crippen LogP contribution in [-0.2, 0) is 20.7 Å². The lowest BCUT2D eigenvalue weighted by molar-refractivity contribution is -0.139. The number of nitrogens with zero attached hydrogens (tertiary/aromatic N) is 1. The maximum atomic E-state index is 12.6. The van der Waals surface area contributed by atoms with Crippen molar-refractivity contribution in [3.05, 3.63) is 76.6 Å². The van der Waals surface area contributed by atoms with E-state index in [1.54, 1.807) is 25.4 Å². The van der Waals surface area contributed by atoms with E-state index in [2.05, 4.69) is 15.3 Å². The number of fused-ring (bicyclic) bond motifs is 1. The van der Waals surface area contributed by atoms with Gasteiger partial charge in [0.1, 0.15) is 23.1 Å². The fourth-order valence-corrected chi connectivity index (χ4v) is 3.63. The van der Waals surface area contributed by atoms with Crippen LogP contribution in [0.2, 0.25) is 0 Å². The molecule has 8 nitrogen and oxygen atoms in total. The number of hydrogen-bond acceptors (Lipinski definition) is 7. The molecule has 0 saturated carbocycles. The van der Waals surface area contributed by atoms with Gasteiger partial charge in [-0.15, -0.1) is 0 Å². The number of hydrogen-bond donors (Lipinski definition) is 4. The summed E-state index contributed by atoms with van der Waals surface area (Å²) in [5, 5.41) is 24.0. The number of esters is 1. The lowest BCUT2D eigenvalue weighted by Crippen LogP contribution is -2.19. The second-order valence-electron chi connectivity index (χ2n) is 7.41. The Balaban J connectivity index is 1.67. The van der Waals surface area contributed by atoms with Crippen molar-refractivity contribution in [3.8, 4) is 0 Å². The lowest BCUT2D eigenvalue weighted by atomic mass is 10.1. The molecule has 3 heterocycles. The Morgan fingerprint density at radius 2 is 2.22 bits per heavy atom. The minimum Gasteiger partial charge on any atom is -0.462 e. The monoisotopic (exact) mass is 435 g/mol. The summed E-state index contributed by atoms with van der Waals surface area (Å²) < 4.78 is 11.1. The van der Waals surface area contributed by atoms with Crippen molar-refractivity contribution in [2.24, 2.45) is 0 Å². The Kier molecular flexibility index (Phi) is 6.25. The van der Waals surface area contributed by atoms with Gasteiger partial charge in [-0.1, -0.05) is 12.1 Å². The van der Waals surface area contributed by atoms with E-state index in [-0.39, 0.29) is 30.4 Å². The number of aliphatic hydroxyl groups excluding tert-OH is 2. The number of aryl methyl sites for hydroxylation is 1. The van der Waals surface area contributed by atoms with E-state index in [0.717, 1.165) is 22.1 Å². The summed E-state index contributed by atoms with van der Waals surface area (Å²) in [4.78, 5) is 19.9. The van der Waals surface area contributed by atoms with Crippen molar-refractivity contribution in [1.29, 1.82) is 0 Å². The number of nitrogens with one attached hydrogen (secondary N) is 2. The first-order chi connectivity index (χ1) is 15.5. The Morgan fingerprint density at radius 3 is 2.97 bits per heavy atom. The van der Waals surface area contributed by atoms with Crippen molar-refractivity contribution < 1.29 is 24.5 Å². The fraction of sp³-hybridized carbons (Fsp3) is 0.250. The summed E-state index contributed by atoms with van der Waals surface area (Å²) >= 11 is 0. The van der Waals surface area contributed by atoms with E-state index in [1.165, 1.54) is 0 Å². The van der Waals surface area contributed by atoms with Gasteiger partial charge in [0, 0.05) is 35.6 Å². The predicted molar refractivity (Wildman–Crippen MR) is 120 cm³/mol. The average molecular weight is 435 g/mol. The normalized spacial score (nSPS) is 17.1. The molecule has 0 radical (unpaired) electrons. The SMILES string of the molecule is CCOC(=O)C1=C(Nc2ccc(CCO)cc2C)O/C(=C\c2c[nH]c3ncccc23)C1O. The van der Waals surface area contributed by atoms with Crippen LogP contribution in [0.1, 0.15) is 23.6 Å². The molecule has 0 saturated heterocycles. The highest BCUT2D eigenvalue weighted by Gasteiger charge is 2.37. The van der Waals surface area contributed by atoms with Crippen LogP contribution >= 0.6 is 0 Å². The third-order valence-electron chi connectivity index (χ3n) is 5.22. The second-order valence-corrected chi connectivity index (χ2v) is 7.41. The van der Waals surface area contributed by atoms with Gasteiger partial charge in [0.15, 0.2) is 0 Å². The number of benzene rings is 1. The molecule has 0 fully saturated rings. The van der Waals surface area contributed by atoms with Gasteiger partial charge in [-0.05, 0) is 55.7 Å². The average Bonchev–Trinajstić information content (AvgIpc) is 3.32. The molecule has 166 valence electrons. The second kappa shape index (κ2) is 9.25. The Hall–Kier alpha value is -3.62. The van der Waals surface area contributed by atoms with Crippen molar-refractivity contribution in [2.75, 3.05) is 18.5 Å². The number of pyridine rings is 1. The van der Waals surface area contributed by atoms with Crippen LogP contribution in [0.4, 0.5) is 5.69 Å². The van der Waals surface area contributed by atoms with E-state index in [4.69, 9.17) is 14.6 Å². The molecule has 2 aromatic heterocycles. The topological polar surface area (TPSA) is 117 Å². The first kappa shape index (κ1) is 21.6. The van der Waals surface area contributed by atoms with Gasteiger partial charge in [-0.25, -0.2) is 9.78 Å². The molecule has 1 aromatic carbocycles. The largest absolute Gasteiger partial charge is 0.462 e. The van der Waals surface area contributed by atoms with Gasteiger partial charge in [-0.2, -0.15) is 0 Å². The molecule has 4 rings (SSSR count). The first-order valence-electron chi connectivity index (χ1n) is 10.4. The molecule has 1 aliphatic rings. The van der Waals surface area contributed by atoms with Gasteiger partial charge in [0.2, 0.25) is 5.88 Å². The van der Waals surface area contributed by atoms with Gasteiger partial charge in [-0.3, -0.25) is 0 Å². The molecule has 4 N–H and O–H groups in total. The molecular formula is C24H25N3O5. The first-order valence-corrected chi connectivity index (χ1v) is 10.4. The Bertz CT molecular complexity index is 1210. The molecule has 0 bridgehead atoms. The van der Waals surface area contributed by atoms with Crippen molar-refractivity contribution in [1.82, 2.24) is 9.97 Å². The fourth-order valence-electron chi connectivity index (χ4n) is 3.63. The van der Waals surface area contributed by atoms with Crippen molar-refractivity contribution >= 4 is 28.8 Å².